The van der Waals surface area contributed by atoms with E-state index in [1.165, 1.54) is 5.56 Å². The van der Waals surface area contributed by atoms with Gasteiger partial charge in [0.25, 0.3) is 0 Å². The summed E-state index contributed by atoms with van der Waals surface area (Å²) in [6, 6.07) is 10.2. The van der Waals surface area contributed by atoms with Crippen molar-refractivity contribution in [3.8, 4) is 12.3 Å². The van der Waals surface area contributed by atoms with Crippen molar-refractivity contribution in [1.82, 2.24) is 4.90 Å². The van der Waals surface area contributed by atoms with Crippen molar-refractivity contribution in [1.29, 1.82) is 0 Å². The summed E-state index contributed by atoms with van der Waals surface area (Å²) >= 11 is 0. The average molecular weight is 203 g/mol. The zero-order chi connectivity index (χ0) is 11.1. The fraction of sp³-hybridized carbons (Fsp3) is 0.385. The Morgan fingerprint density at radius 3 is 2.60 bits per heavy atom. The van der Waals surface area contributed by atoms with Crippen LogP contribution < -0.4 is 0 Å². The van der Waals surface area contributed by atoms with Crippen molar-refractivity contribution in [2.75, 3.05) is 20.2 Å². The molecule has 0 aromatic heterocycles. The number of hydrogen-bond donors (Lipinski definition) is 1. The van der Waals surface area contributed by atoms with Gasteiger partial charge in [-0.05, 0) is 19.0 Å². The molecule has 80 valence electrons. The van der Waals surface area contributed by atoms with Crippen LogP contribution in [0.3, 0.4) is 0 Å². The number of benzene rings is 1. The highest BCUT2D eigenvalue weighted by Crippen LogP contribution is 2.06. The van der Waals surface area contributed by atoms with Gasteiger partial charge in [-0.25, -0.2) is 0 Å². The average Bonchev–Trinajstić information content (AvgIpc) is 2.27. The lowest BCUT2D eigenvalue weighted by Gasteiger charge is -2.24. The Kier molecular flexibility index (Phi) is 4.89. The first-order valence-corrected chi connectivity index (χ1v) is 5.06. The Morgan fingerprint density at radius 1 is 1.40 bits per heavy atom. The number of rotatable bonds is 5. The van der Waals surface area contributed by atoms with E-state index in [0.29, 0.717) is 6.54 Å². The van der Waals surface area contributed by atoms with Crippen LogP contribution in [0.5, 0.6) is 0 Å². The summed E-state index contributed by atoms with van der Waals surface area (Å²) in [7, 11) is 1.93. The predicted molar refractivity (Wildman–Crippen MR) is 62.5 cm³/mol. The fourth-order valence-electron chi connectivity index (χ4n) is 1.52. The van der Waals surface area contributed by atoms with Gasteiger partial charge in [0.1, 0.15) is 0 Å². The second-order valence-electron chi connectivity index (χ2n) is 3.65. The standard InChI is InChI=1S/C13H17NO/c1-3-9-14(2)13(11-15)10-12-7-5-4-6-8-12/h1,4-8,13,15H,9-11H2,2H3. The van der Waals surface area contributed by atoms with E-state index in [0.717, 1.165) is 6.42 Å². The second kappa shape index (κ2) is 6.23. The van der Waals surface area contributed by atoms with E-state index in [1.54, 1.807) is 0 Å². The largest absolute Gasteiger partial charge is 0.395 e. The van der Waals surface area contributed by atoms with Crippen LogP contribution in [0, 0.1) is 12.3 Å². The van der Waals surface area contributed by atoms with Crippen molar-refractivity contribution in [3.05, 3.63) is 35.9 Å². The number of aliphatic hydroxyl groups is 1. The van der Waals surface area contributed by atoms with Crippen molar-refractivity contribution in [2.45, 2.75) is 12.5 Å². The van der Waals surface area contributed by atoms with Crippen LogP contribution >= 0.6 is 0 Å². The molecular weight excluding hydrogens is 186 g/mol. The maximum Gasteiger partial charge on any atom is 0.0599 e. The molecule has 1 aromatic rings. The zero-order valence-electron chi connectivity index (χ0n) is 9.06. The van der Waals surface area contributed by atoms with Crippen LogP contribution in [0.2, 0.25) is 0 Å². The minimum atomic E-state index is 0.100. The molecule has 0 bridgehead atoms. The molecule has 2 heteroatoms. The predicted octanol–water partition coefficient (Wildman–Crippen LogP) is 1.16. The summed E-state index contributed by atoms with van der Waals surface area (Å²) in [4.78, 5) is 1.99. The van der Waals surface area contributed by atoms with Gasteiger partial charge in [-0.1, -0.05) is 36.3 Å². The van der Waals surface area contributed by atoms with E-state index in [-0.39, 0.29) is 12.6 Å². The minimum absolute atomic E-state index is 0.100. The molecular formula is C13H17NO. The van der Waals surface area contributed by atoms with E-state index in [9.17, 15) is 5.11 Å². The summed E-state index contributed by atoms with van der Waals surface area (Å²) in [5.74, 6) is 2.58. The molecule has 2 nitrogen and oxygen atoms in total. The van der Waals surface area contributed by atoms with Crippen LogP contribution in [-0.2, 0) is 6.42 Å². The molecule has 1 aromatic carbocycles. The highest BCUT2D eigenvalue weighted by molar-refractivity contribution is 5.16. The molecule has 0 saturated heterocycles. The summed E-state index contributed by atoms with van der Waals surface area (Å²) < 4.78 is 0. The summed E-state index contributed by atoms with van der Waals surface area (Å²) in [5, 5.41) is 9.27. The number of likely N-dealkylation sites (N-methyl/N-ethyl adjacent to an activating group) is 1. The molecule has 15 heavy (non-hydrogen) atoms. The fourth-order valence-corrected chi connectivity index (χ4v) is 1.52. The normalized spacial score (nSPS) is 12.4. The van der Waals surface area contributed by atoms with Crippen LogP contribution in [0.25, 0.3) is 0 Å². The van der Waals surface area contributed by atoms with E-state index < -0.39 is 0 Å². The summed E-state index contributed by atoms with van der Waals surface area (Å²) in [6.45, 7) is 0.700. The first-order chi connectivity index (χ1) is 7.27. The highest BCUT2D eigenvalue weighted by atomic mass is 16.3. The molecule has 0 aliphatic heterocycles. The molecule has 1 unspecified atom stereocenters. The van der Waals surface area contributed by atoms with Gasteiger partial charge in [0.15, 0.2) is 0 Å². The molecule has 0 spiro atoms. The minimum Gasteiger partial charge on any atom is -0.395 e. The second-order valence-corrected chi connectivity index (χ2v) is 3.65. The van der Waals surface area contributed by atoms with Gasteiger partial charge < -0.3 is 5.11 Å². The van der Waals surface area contributed by atoms with E-state index in [4.69, 9.17) is 6.42 Å². The molecule has 0 heterocycles. The van der Waals surface area contributed by atoms with Crippen molar-refractivity contribution in [2.24, 2.45) is 0 Å². The first kappa shape index (κ1) is 11.8. The maximum atomic E-state index is 9.27. The Hall–Kier alpha value is -1.30. The Labute approximate surface area is 91.5 Å². The van der Waals surface area contributed by atoms with Gasteiger partial charge in [0.05, 0.1) is 13.2 Å². The van der Waals surface area contributed by atoms with Gasteiger partial charge in [0.2, 0.25) is 0 Å². The molecule has 0 radical (unpaired) electrons. The van der Waals surface area contributed by atoms with Crippen molar-refractivity contribution in [3.63, 3.8) is 0 Å². The third-order valence-corrected chi connectivity index (χ3v) is 2.49. The van der Waals surface area contributed by atoms with E-state index in [2.05, 4.69) is 18.1 Å². The lowest BCUT2D eigenvalue weighted by molar-refractivity contribution is 0.158. The lowest BCUT2D eigenvalue weighted by atomic mass is 10.1. The van der Waals surface area contributed by atoms with Crippen LogP contribution in [-0.4, -0.2) is 36.2 Å². The van der Waals surface area contributed by atoms with Gasteiger partial charge in [-0.2, -0.15) is 0 Å². The Balaban J connectivity index is 2.58. The van der Waals surface area contributed by atoms with E-state index in [1.807, 2.05) is 30.1 Å². The number of hydrogen-bond acceptors (Lipinski definition) is 2. The van der Waals surface area contributed by atoms with E-state index >= 15 is 0 Å². The zero-order valence-corrected chi connectivity index (χ0v) is 9.06. The summed E-state index contributed by atoms with van der Waals surface area (Å²) in [6.07, 6.45) is 6.07. The van der Waals surface area contributed by atoms with Crippen LogP contribution in [0.4, 0.5) is 0 Å². The molecule has 0 saturated carbocycles. The number of terminal acetylenes is 1. The lowest BCUT2D eigenvalue weighted by Crippen LogP contribution is -2.36. The van der Waals surface area contributed by atoms with Crippen LogP contribution in [0.1, 0.15) is 5.56 Å². The molecule has 0 aliphatic carbocycles. The summed E-state index contributed by atoms with van der Waals surface area (Å²) in [5.41, 5.74) is 1.22. The number of nitrogens with zero attached hydrogens (tertiary/aromatic N) is 1. The van der Waals surface area contributed by atoms with Gasteiger partial charge in [-0.3, -0.25) is 4.90 Å². The maximum absolute atomic E-state index is 9.27. The highest BCUT2D eigenvalue weighted by Gasteiger charge is 2.12. The molecule has 1 atom stereocenters. The number of aliphatic hydroxyl groups excluding tert-OH is 1. The van der Waals surface area contributed by atoms with Gasteiger partial charge in [0, 0.05) is 6.04 Å². The molecule has 0 fully saturated rings. The molecule has 1 N–H and O–H groups in total. The monoisotopic (exact) mass is 203 g/mol. The van der Waals surface area contributed by atoms with Crippen LogP contribution in [0.15, 0.2) is 30.3 Å². The molecule has 0 amide bonds. The van der Waals surface area contributed by atoms with Gasteiger partial charge in [-0.15, -0.1) is 6.42 Å². The third-order valence-electron chi connectivity index (χ3n) is 2.49. The molecule has 1 rings (SSSR count). The smallest absolute Gasteiger partial charge is 0.0599 e. The Morgan fingerprint density at radius 2 is 2.07 bits per heavy atom. The molecule has 0 aliphatic rings. The Bertz CT molecular complexity index is 315. The SMILES string of the molecule is C#CCN(C)C(CO)Cc1ccccc1. The third kappa shape index (κ3) is 3.75. The van der Waals surface area contributed by atoms with Crippen molar-refractivity contribution >= 4 is 0 Å². The quantitative estimate of drug-likeness (QED) is 0.726. The van der Waals surface area contributed by atoms with Gasteiger partial charge >= 0.3 is 0 Å². The first-order valence-electron chi connectivity index (χ1n) is 5.06. The van der Waals surface area contributed by atoms with Crippen molar-refractivity contribution < 1.29 is 5.11 Å². The topological polar surface area (TPSA) is 23.5 Å².